The van der Waals surface area contributed by atoms with Gasteiger partial charge in [0, 0.05) is 24.2 Å². The first-order valence-corrected chi connectivity index (χ1v) is 10.5. The fraction of sp³-hybridized carbons (Fsp3) is 0.391. The predicted molar refractivity (Wildman–Crippen MR) is 115 cm³/mol. The lowest BCUT2D eigenvalue weighted by Crippen LogP contribution is -2.40. The minimum absolute atomic E-state index is 0.270. The summed E-state index contributed by atoms with van der Waals surface area (Å²) in [5.41, 5.74) is 3.00. The third-order valence-corrected chi connectivity index (χ3v) is 6.03. The topological polar surface area (TPSA) is 49.4 Å². The quantitative estimate of drug-likeness (QED) is 0.594. The van der Waals surface area contributed by atoms with Crippen molar-refractivity contribution in [2.45, 2.75) is 51.5 Å². The average molecular weight is 435 g/mol. The molecule has 0 spiro atoms. The molecule has 0 radical (unpaired) electrons. The van der Waals surface area contributed by atoms with Gasteiger partial charge in [-0.2, -0.15) is 0 Å². The number of benzene rings is 2. The highest BCUT2D eigenvalue weighted by Gasteiger charge is 2.30. The molecular formula is C23H25ClF2N2O2. The highest BCUT2D eigenvalue weighted by molar-refractivity contribution is 6.34. The highest BCUT2D eigenvalue weighted by Crippen LogP contribution is 2.37. The van der Waals surface area contributed by atoms with Gasteiger partial charge in [0.1, 0.15) is 0 Å². The number of nitrogens with zero attached hydrogens (tertiary/aromatic N) is 1. The number of hydrogen-bond acceptors (Lipinski definition) is 3. The number of carbonyl (C=O) groups is 2. The van der Waals surface area contributed by atoms with E-state index in [2.05, 4.69) is 5.32 Å². The molecule has 2 amide bonds. The molecule has 1 fully saturated rings. The maximum absolute atomic E-state index is 13.4. The van der Waals surface area contributed by atoms with Crippen LogP contribution in [0.4, 0.5) is 14.5 Å². The second kappa shape index (κ2) is 9.56. The Balaban J connectivity index is 1.90. The molecule has 0 aliphatic carbocycles. The lowest BCUT2D eigenvalue weighted by molar-refractivity contribution is -0.134. The van der Waals surface area contributed by atoms with Crippen molar-refractivity contribution in [2.24, 2.45) is 0 Å². The van der Waals surface area contributed by atoms with Crippen LogP contribution in [-0.2, 0) is 9.59 Å². The Labute approximate surface area is 180 Å². The van der Waals surface area contributed by atoms with Crippen molar-refractivity contribution in [1.82, 2.24) is 5.32 Å². The third kappa shape index (κ3) is 4.48. The molecule has 4 nitrogen and oxygen atoms in total. The maximum atomic E-state index is 13.4. The zero-order valence-electron chi connectivity index (χ0n) is 17.0. The van der Waals surface area contributed by atoms with Gasteiger partial charge >= 0.3 is 0 Å². The molecule has 1 N–H and O–H groups in total. The van der Waals surface area contributed by atoms with Gasteiger partial charge in [0.2, 0.25) is 11.8 Å². The first-order chi connectivity index (χ1) is 14.4. The Bertz CT molecular complexity index is 918. The summed E-state index contributed by atoms with van der Waals surface area (Å²) in [7, 11) is 0. The number of amides is 2. The Morgan fingerprint density at radius 3 is 2.40 bits per heavy atom. The van der Waals surface area contributed by atoms with Gasteiger partial charge in [-0.15, -0.1) is 0 Å². The minimum atomic E-state index is -2.42. The van der Waals surface area contributed by atoms with Crippen molar-refractivity contribution in [3.05, 3.63) is 53.1 Å². The summed E-state index contributed by atoms with van der Waals surface area (Å²) in [5, 5.41) is 2.83. The van der Waals surface area contributed by atoms with E-state index in [0.717, 1.165) is 16.8 Å². The van der Waals surface area contributed by atoms with Crippen LogP contribution in [-0.4, -0.2) is 30.8 Å². The highest BCUT2D eigenvalue weighted by atomic mass is 35.5. The van der Waals surface area contributed by atoms with Gasteiger partial charge in [0.15, 0.2) is 0 Å². The number of anilines is 1. The van der Waals surface area contributed by atoms with Crippen LogP contribution in [0.25, 0.3) is 11.1 Å². The summed E-state index contributed by atoms with van der Waals surface area (Å²) in [6.45, 7) is 4.10. The lowest BCUT2D eigenvalue weighted by atomic mass is 9.88. The van der Waals surface area contributed by atoms with E-state index < -0.39 is 18.4 Å². The molecule has 30 heavy (non-hydrogen) atoms. The van der Waals surface area contributed by atoms with E-state index in [-0.39, 0.29) is 18.2 Å². The lowest BCUT2D eigenvalue weighted by Gasteiger charge is -2.31. The molecule has 2 unspecified atom stereocenters. The number of hydrogen-bond donors (Lipinski definition) is 1. The van der Waals surface area contributed by atoms with E-state index in [1.807, 2.05) is 43.3 Å². The molecule has 3 rings (SSSR count). The monoisotopic (exact) mass is 434 g/mol. The standard InChI is InChI=1S/C23H25ClF2N2O2/c1-3-19(22(25)26)28(4-2)15-10-8-14(9-11-15)16-6-5-7-17(21(16)24)18-12-13-20(29)27-23(18)30/h5-11,18-19,22H,3-4,12-13H2,1-2H3,(H,27,29,30). The zero-order chi connectivity index (χ0) is 21.8. The SMILES string of the molecule is CCC(C(F)F)N(CC)c1ccc(-c2cccc(C3CCC(=O)NC3=O)c2Cl)cc1. The maximum Gasteiger partial charge on any atom is 0.258 e. The van der Waals surface area contributed by atoms with Gasteiger partial charge in [-0.05, 0) is 43.0 Å². The largest absolute Gasteiger partial charge is 0.363 e. The van der Waals surface area contributed by atoms with Crippen LogP contribution in [0.2, 0.25) is 5.02 Å². The summed E-state index contributed by atoms with van der Waals surface area (Å²) < 4.78 is 26.8. The van der Waals surface area contributed by atoms with Gasteiger partial charge in [-0.25, -0.2) is 8.78 Å². The smallest absolute Gasteiger partial charge is 0.258 e. The van der Waals surface area contributed by atoms with Crippen LogP contribution >= 0.6 is 11.6 Å². The number of carbonyl (C=O) groups excluding carboxylic acids is 2. The van der Waals surface area contributed by atoms with Crippen LogP contribution < -0.4 is 10.2 Å². The molecular weight excluding hydrogens is 410 g/mol. The minimum Gasteiger partial charge on any atom is -0.363 e. The first kappa shape index (κ1) is 22.2. The average Bonchev–Trinajstić information content (AvgIpc) is 2.72. The van der Waals surface area contributed by atoms with Crippen molar-refractivity contribution in [1.29, 1.82) is 0 Å². The zero-order valence-corrected chi connectivity index (χ0v) is 17.8. The molecule has 1 heterocycles. The Hall–Kier alpha value is -2.47. The van der Waals surface area contributed by atoms with Gasteiger partial charge in [-0.1, -0.05) is 48.9 Å². The van der Waals surface area contributed by atoms with E-state index in [1.54, 1.807) is 17.9 Å². The van der Waals surface area contributed by atoms with E-state index >= 15 is 0 Å². The van der Waals surface area contributed by atoms with Gasteiger partial charge < -0.3 is 4.90 Å². The Morgan fingerprint density at radius 2 is 1.83 bits per heavy atom. The van der Waals surface area contributed by atoms with Crippen molar-refractivity contribution in [3.8, 4) is 11.1 Å². The molecule has 2 aromatic rings. The second-order valence-electron chi connectivity index (χ2n) is 7.36. The van der Waals surface area contributed by atoms with Crippen molar-refractivity contribution < 1.29 is 18.4 Å². The Morgan fingerprint density at radius 1 is 1.13 bits per heavy atom. The van der Waals surface area contributed by atoms with E-state index in [1.165, 1.54) is 0 Å². The molecule has 7 heteroatoms. The molecule has 0 bridgehead atoms. The predicted octanol–water partition coefficient (Wildman–Crippen LogP) is 5.40. The van der Waals surface area contributed by atoms with Crippen LogP contribution in [0.15, 0.2) is 42.5 Å². The number of alkyl halides is 2. The molecule has 2 aromatic carbocycles. The second-order valence-corrected chi connectivity index (χ2v) is 7.73. The Kier molecular flexibility index (Phi) is 7.08. The fourth-order valence-corrected chi connectivity index (χ4v) is 4.37. The van der Waals surface area contributed by atoms with E-state index in [4.69, 9.17) is 11.6 Å². The van der Waals surface area contributed by atoms with Crippen molar-refractivity contribution in [2.75, 3.05) is 11.4 Å². The fourth-order valence-electron chi connectivity index (χ4n) is 4.01. The number of rotatable bonds is 7. The number of imide groups is 1. The van der Waals surface area contributed by atoms with Gasteiger partial charge in [-0.3, -0.25) is 14.9 Å². The number of piperidine rings is 1. The van der Waals surface area contributed by atoms with Crippen LogP contribution in [0.3, 0.4) is 0 Å². The summed E-state index contributed by atoms with van der Waals surface area (Å²) in [6, 6.07) is 12.0. The molecule has 1 aliphatic rings. The summed E-state index contributed by atoms with van der Waals surface area (Å²) in [4.78, 5) is 25.4. The molecule has 2 atom stereocenters. The number of halogens is 3. The molecule has 0 saturated carbocycles. The van der Waals surface area contributed by atoms with Gasteiger partial charge in [0.05, 0.1) is 17.0 Å². The molecule has 1 saturated heterocycles. The first-order valence-electron chi connectivity index (χ1n) is 10.1. The summed E-state index contributed by atoms with van der Waals surface area (Å²) >= 11 is 6.65. The van der Waals surface area contributed by atoms with Crippen LogP contribution in [0.1, 0.15) is 44.6 Å². The third-order valence-electron chi connectivity index (χ3n) is 5.60. The summed E-state index contributed by atoms with van der Waals surface area (Å²) in [5.74, 6) is -1.08. The molecule has 0 aromatic heterocycles. The van der Waals surface area contributed by atoms with Crippen LogP contribution in [0.5, 0.6) is 0 Å². The number of nitrogens with one attached hydrogen (secondary N) is 1. The van der Waals surface area contributed by atoms with E-state index in [0.29, 0.717) is 30.0 Å². The van der Waals surface area contributed by atoms with Crippen LogP contribution in [0, 0.1) is 0 Å². The molecule has 1 aliphatic heterocycles. The van der Waals surface area contributed by atoms with E-state index in [9.17, 15) is 18.4 Å². The summed E-state index contributed by atoms with van der Waals surface area (Å²) in [6.07, 6.45) is -1.37. The normalized spacial score (nSPS) is 17.7. The van der Waals surface area contributed by atoms with Crippen molar-refractivity contribution >= 4 is 29.1 Å². The van der Waals surface area contributed by atoms with Gasteiger partial charge in [0.25, 0.3) is 6.43 Å². The van der Waals surface area contributed by atoms with Crippen molar-refractivity contribution in [3.63, 3.8) is 0 Å². The molecule has 160 valence electrons.